The van der Waals surface area contributed by atoms with Gasteiger partial charge in [-0.3, -0.25) is 5.10 Å². The van der Waals surface area contributed by atoms with E-state index >= 15 is 0 Å². The van der Waals surface area contributed by atoms with Crippen molar-refractivity contribution in [3.05, 3.63) is 41.7 Å². The van der Waals surface area contributed by atoms with Gasteiger partial charge in [0, 0.05) is 28.1 Å². The van der Waals surface area contributed by atoms with Gasteiger partial charge in [0.2, 0.25) is 0 Å². The first-order valence-corrected chi connectivity index (χ1v) is 10.7. The maximum absolute atomic E-state index is 6.16. The molecule has 0 saturated heterocycles. The number of nitrogens with two attached hydrogens (primary N) is 1. The molecular weight excluding hydrogens is 370 g/mol. The van der Waals surface area contributed by atoms with Gasteiger partial charge in [0.15, 0.2) is 5.82 Å². The van der Waals surface area contributed by atoms with Crippen LogP contribution < -0.4 is 5.73 Å². The number of H-pyrrole nitrogens is 2. The highest BCUT2D eigenvalue weighted by atomic mass is 15.1. The van der Waals surface area contributed by atoms with E-state index in [0.717, 1.165) is 38.6 Å². The van der Waals surface area contributed by atoms with E-state index in [9.17, 15) is 0 Å². The smallest absolute Gasteiger partial charge is 0.153 e. The normalized spacial score (nSPS) is 15.0. The molecule has 1 aliphatic rings. The minimum atomic E-state index is -0.0886. The number of nitrogen functional groups attached to an aromatic ring is 1. The molecule has 0 atom stereocenters. The van der Waals surface area contributed by atoms with Crippen LogP contribution in [0.2, 0.25) is 0 Å². The number of aromatic amines is 2. The largest absolute Gasteiger partial charge is 0.382 e. The van der Waals surface area contributed by atoms with Gasteiger partial charge in [-0.2, -0.15) is 5.10 Å². The molecule has 1 saturated carbocycles. The highest BCUT2D eigenvalue weighted by molar-refractivity contribution is 6.00. The predicted molar refractivity (Wildman–Crippen MR) is 123 cm³/mol. The monoisotopic (exact) mass is 397 g/mol. The molecule has 4 N–H and O–H groups in total. The van der Waals surface area contributed by atoms with Gasteiger partial charge in [0.1, 0.15) is 5.65 Å². The van der Waals surface area contributed by atoms with Gasteiger partial charge < -0.3 is 10.7 Å². The molecule has 0 bridgehead atoms. The second kappa shape index (κ2) is 6.91. The Labute approximate surface area is 176 Å². The molecule has 1 aliphatic carbocycles. The van der Waals surface area contributed by atoms with Crippen LogP contribution in [-0.4, -0.2) is 20.2 Å². The van der Waals surface area contributed by atoms with E-state index in [0.29, 0.717) is 11.7 Å². The average molecular weight is 398 g/mol. The maximum atomic E-state index is 6.16. The molecule has 1 fully saturated rings. The lowest BCUT2D eigenvalue weighted by atomic mass is 9.95. The van der Waals surface area contributed by atoms with Gasteiger partial charge in [-0.1, -0.05) is 24.7 Å². The standard InChI is InChI=1S/C25H27N5/c1-25(2,3)10-8-16-12-17(13-20-22(16)29-30-23(20)26)18-9-11-27-24-19(18)14-21(28-24)15-6-4-5-7-15/h9,11-15H,4-7H2,1-3H3,(H,27,28)(H3,26,29,30). The Morgan fingerprint density at radius 3 is 2.67 bits per heavy atom. The van der Waals surface area contributed by atoms with Gasteiger partial charge in [-0.05, 0) is 74.9 Å². The summed E-state index contributed by atoms with van der Waals surface area (Å²) in [5.41, 5.74) is 12.3. The lowest BCUT2D eigenvalue weighted by molar-refractivity contribution is 0.571. The Morgan fingerprint density at radius 2 is 1.90 bits per heavy atom. The zero-order chi connectivity index (χ0) is 20.9. The third-order valence-electron chi connectivity index (χ3n) is 5.93. The fraction of sp³-hybridized carbons (Fsp3) is 0.360. The predicted octanol–water partition coefficient (Wildman–Crippen LogP) is 5.74. The summed E-state index contributed by atoms with van der Waals surface area (Å²) in [7, 11) is 0. The number of pyridine rings is 1. The zero-order valence-corrected chi connectivity index (χ0v) is 17.8. The van der Waals surface area contributed by atoms with Crippen molar-refractivity contribution in [2.75, 3.05) is 5.73 Å². The molecule has 5 heteroatoms. The lowest BCUT2D eigenvalue weighted by Gasteiger charge is -2.08. The van der Waals surface area contributed by atoms with Crippen LogP contribution in [0.15, 0.2) is 30.5 Å². The van der Waals surface area contributed by atoms with Gasteiger partial charge in [0.25, 0.3) is 0 Å². The number of hydrogen-bond donors (Lipinski definition) is 3. The summed E-state index contributed by atoms with van der Waals surface area (Å²) in [4.78, 5) is 8.16. The summed E-state index contributed by atoms with van der Waals surface area (Å²) in [5, 5.41) is 9.33. The average Bonchev–Trinajstić information content (AvgIpc) is 3.44. The molecular formula is C25H27N5. The van der Waals surface area contributed by atoms with Crippen molar-refractivity contribution in [1.82, 2.24) is 20.2 Å². The number of fused-ring (bicyclic) bond motifs is 2. The Balaban J connectivity index is 1.70. The molecule has 0 spiro atoms. The van der Waals surface area contributed by atoms with Crippen molar-refractivity contribution in [3.8, 4) is 23.0 Å². The number of aromatic nitrogens is 4. The summed E-state index contributed by atoms with van der Waals surface area (Å²) in [6, 6.07) is 8.60. The second-order valence-electron chi connectivity index (χ2n) is 9.38. The molecule has 0 unspecified atom stereocenters. The molecule has 152 valence electrons. The number of hydrogen-bond acceptors (Lipinski definition) is 3. The minimum Gasteiger partial charge on any atom is -0.382 e. The number of rotatable bonds is 2. The van der Waals surface area contributed by atoms with Crippen LogP contribution in [0, 0.1) is 17.3 Å². The lowest BCUT2D eigenvalue weighted by Crippen LogP contribution is -1.99. The number of nitrogens with one attached hydrogen (secondary N) is 2. The number of benzene rings is 1. The molecule has 5 nitrogen and oxygen atoms in total. The molecule has 0 amide bonds. The van der Waals surface area contributed by atoms with Gasteiger partial charge >= 0.3 is 0 Å². The topological polar surface area (TPSA) is 83.4 Å². The van der Waals surface area contributed by atoms with Crippen LogP contribution in [0.1, 0.15) is 63.6 Å². The molecule has 3 heterocycles. The third-order valence-corrected chi connectivity index (χ3v) is 5.93. The first kappa shape index (κ1) is 18.7. The SMILES string of the molecule is CC(C)(C)C#Cc1cc(-c2ccnc3[nH]c(C4CCCC4)cc23)cc2c(N)n[nH]c12. The minimum absolute atomic E-state index is 0.0886. The Bertz CT molecular complexity index is 1300. The van der Waals surface area contributed by atoms with Crippen molar-refractivity contribution < 1.29 is 0 Å². The summed E-state index contributed by atoms with van der Waals surface area (Å²) in [5.74, 6) is 7.80. The number of anilines is 1. The van der Waals surface area contributed by atoms with Crippen LogP contribution in [0.4, 0.5) is 5.82 Å². The molecule has 0 aliphatic heterocycles. The highest BCUT2D eigenvalue weighted by Crippen LogP contribution is 2.38. The Hall–Kier alpha value is -3.26. The van der Waals surface area contributed by atoms with Crippen molar-refractivity contribution in [1.29, 1.82) is 0 Å². The van der Waals surface area contributed by atoms with Gasteiger partial charge in [0.05, 0.1) is 11.1 Å². The molecule has 3 aromatic heterocycles. The van der Waals surface area contributed by atoms with Crippen molar-refractivity contribution in [2.24, 2.45) is 5.41 Å². The fourth-order valence-electron chi connectivity index (χ4n) is 4.41. The van der Waals surface area contributed by atoms with Gasteiger partial charge in [-0.15, -0.1) is 0 Å². The van der Waals surface area contributed by atoms with Crippen molar-refractivity contribution in [2.45, 2.75) is 52.4 Å². The Kier molecular flexibility index (Phi) is 4.32. The molecule has 4 aromatic rings. The van der Waals surface area contributed by atoms with Crippen molar-refractivity contribution >= 4 is 27.8 Å². The van der Waals surface area contributed by atoms with E-state index in [4.69, 9.17) is 5.73 Å². The third kappa shape index (κ3) is 3.33. The van der Waals surface area contributed by atoms with Crippen LogP contribution in [0.5, 0.6) is 0 Å². The first-order valence-electron chi connectivity index (χ1n) is 10.7. The molecule has 0 radical (unpaired) electrons. The molecule has 30 heavy (non-hydrogen) atoms. The number of nitrogens with zero attached hydrogens (tertiary/aromatic N) is 2. The van der Waals surface area contributed by atoms with Gasteiger partial charge in [-0.25, -0.2) is 4.98 Å². The highest BCUT2D eigenvalue weighted by Gasteiger charge is 2.20. The van der Waals surface area contributed by atoms with E-state index in [2.05, 4.69) is 77.0 Å². The van der Waals surface area contributed by atoms with E-state index in [1.54, 1.807) is 0 Å². The summed E-state index contributed by atoms with van der Waals surface area (Å²) < 4.78 is 0. The molecule has 5 rings (SSSR count). The fourth-order valence-corrected chi connectivity index (χ4v) is 4.41. The van der Waals surface area contributed by atoms with E-state index in [1.165, 1.54) is 31.4 Å². The summed E-state index contributed by atoms with van der Waals surface area (Å²) in [6.07, 6.45) is 7.01. The van der Waals surface area contributed by atoms with Crippen LogP contribution >= 0.6 is 0 Å². The first-order chi connectivity index (χ1) is 14.4. The summed E-state index contributed by atoms with van der Waals surface area (Å²) >= 11 is 0. The maximum Gasteiger partial charge on any atom is 0.153 e. The molecule has 1 aromatic carbocycles. The van der Waals surface area contributed by atoms with Crippen LogP contribution in [0.3, 0.4) is 0 Å². The van der Waals surface area contributed by atoms with E-state index in [-0.39, 0.29) is 5.41 Å². The van der Waals surface area contributed by atoms with Crippen LogP contribution in [-0.2, 0) is 0 Å². The van der Waals surface area contributed by atoms with E-state index < -0.39 is 0 Å². The zero-order valence-electron chi connectivity index (χ0n) is 17.8. The van der Waals surface area contributed by atoms with E-state index in [1.807, 2.05) is 6.20 Å². The van der Waals surface area contributed by atoms with Crippen LogP contribution in [0.25, 0.3) is 33.1 Å². The Morgan fingerprint density at radius 1 is 1.10 bits per heavy atom. The summed E-state index contributed by atoms with van der Waals surface area (Å²) in [6.45, 7) is 6.33. The van der Waals surface area contributed by atoms with Crippen molar-refractivity contribution in [3.63, 3.8) is 0 Å². The second-order valence-corrected chi connectivity index (χ2v) is 9.38. The quantitative estimate of drug-likeness (QED) is 0.377.